The lowest BCUT2D eigenvalue weighted by atomic mass is 10.0. The largest absolute Gasteiger partial charge is 0.368 e. The Labute approximate surface area is 94.8 Å². The summed E-state index contributed by atoms with van der Waals surface area (Å²) >= 11 is 7.92. The van der Waals surface area contributed by atoms with Crippen LogP contribution < -0.4 is 11.1 Å². The van der Waals surface area contributed by atoms with Gasteiger partial charge in [0.2, 0.25) is 11.8 Å². The standard InChI is InChI=1S/C8H16N2O2S2/c1-4(2)6(7(9)11)10-8(12)5(14)3-13/h4-6,13-14H,3H2,1-2H3,(H2,9,11)(H,10,12)/t5?,6-/m1/s1. The maximum atomic E-state index is 11.3. The van der Waals surface area contributed by atoms with E-state index in [1.807, 2.05) is 13.8 Å². The molecule has 0 aliphatic carbocycles. The molecular formula is C8H16N2O2S2. The lowest BCUT2D eigenvalue weighted by Gasteiger charge is -2.20. The molecule has 2 amide bonds. The number of thiol groups is 2. The van der Waals surface area contributed by atoms with Gasteiger partial charge in [-0.05, 0) is 5.92 Å². The van der Waals surface area contributed by atoms with Gasteiger partial charge in [0.25, 0.3) is 0 Å². The van der Waals surface area contributed by atoms with Crippen LogP contribution in [0.3, 0.4) is 0 Å². The molecule has 0 fully saturated rings. The summed E-state index contributed by atoms with van der Waals surface area (Å²) in [4.78, 5) is 22.3. The van der Waals surface area contributed by atoms with E-state index in [0.29, 0.717) is 5.75 Å². The van der Waals surface area contributed by atoms with E-state index in [4.69, 9.17) is 5.73 Å². The molecule has 3 N–H and O–H groups in total. The topological polar surface area (TPSA) is 72.2 Å². The molecule has 0 saturated heterocycles. The first-order valence-electron chi connectivity index (χ1n) is 4.28. The van der Waals surface area contributed by atoms with Gasteiger partial charge in [-0.3, -0.25) is 9.59 Å². The van der Waals surface area contributed by atoms with Crippen molar-refractivity contribution in [1.82, 2.24) is 5.32 Å². The Morgan fingerprint density at radius 2 is 1.93 bits per heavy atom. The summed E-state index contributed by atoms with van der Waals surface area (Å²) in [6, 6.07) is -0.642. The van der Waals surface area contributed by atoms with Gasteiger partial charge in [-0.1, -0.05) is 13.8 Å². The number of hydrogen-bond donors (Lipinski definition) is 4. The van der Waals surface area contributed by atoms with E-state index in [1.165, 1.54) is 0 Å². The van der Waals surface area contributed by atoms with Gasteiger partial charge in [0, 0.05) is 5.75 Å². The lowest BCUT2D eigenvalue weighted by molar-refractivity contribution is -0.127. The van der Waals surface area contributed by atoms with Crippen molar-refractivity contribution in [2.45, 2.75) is 25.1 Å². The molecule has 1 unspecified atom stereocenters. The fourth-order valence-electron chi connectivity index (χ4n) is 0.899. The molecule has 4 nitrogen and oxygen atoms in total. The number of carbonyl (C=O) groups is 2. The Hall–Kier alpha value is -0.360. The van der Waals surface area contributed by atoms with Crippen LogP contribution in [-0.4, -0.2) is 28.9 Å². The third-order valence-electron chi connectivity index (χ3n) is 1.75. The van der Waals surface area contributed by atoms with E-state index in [2.05, 4.69) is 30.6 Å². The maximum Gasteiger partial charge on any atom is 0.240 e. The highest BCUT2D eigenvalue weighted by Gasteiger charge is 2.23. The molecule has 2 atom stereocenters. The molecule has 0 aromatic rings. The Morgan fingerprint density at radius 3 is 2.21 bits per heavy atom. The molecule has 0 rings (SSSR count). The zero-order valence-corrected chi connectivity index (χ0v) is 10.0. The number of nitrogens with two attached hydrogens (primary N) is 1. The molecule has 0 saturated carbocycles. The SMILES string of the molecule is CC(C)[C@@H](NC(=O)C(S)CS)C(N)=O. The fourth-order valence-corrected chi connectivity index (χ4v) is 1.14. The molecule has 0 bridgehead atoms. The van der Waals surface area contributed by atoms with Gasteiger partial charge < -0.3 is 11.1 Å². The summed E-state index contributed by atoms with van der Waals surface area (Å²) in [5.41, 5.74) is 5.13. The predicted octanol–water partition coefficient (Wildman–Crippen LogP) is -0.159. The van der Waals surface area contributed by atoms with Crippen LogP contribution in [0.4, 0.5) is 0 Å². The first kappa shape index (κ1) is 13.6. The van der Waals surface area contributed by atoms with E-state index in [1.54, 1.807) is 0 Å². The smallest absolute Gasteiger partial charge is 0.240 e. The van der Waals surface area contributed by atoms with Crippen LogP contribution in [0, 0.1) is 5.92 Å². The van der Waals surface area contributed by atoms with Gasteiger partial charge in [-0.25, -0.2) is 0 Å². The van der Waals surface area contributed by atoms with Gasteiger partial charge in [0.05, 0.1) is 5.25 Å². The van der Waals surface area contributed by atoms with Crippen molar-refractivity contribution in [3.05, 3.63) is 0 Å². The zero-order valence-electron chi connectivity index (χ0n) is 8.23. The lowest BCUT2D eigenvalue weighted by Crippen LogP contribution is -2.50. The number of rotatable bonds is 5. The number of primary amides is 1. The Kier molecular flexibility index (Phi) is 6.03. The van der Waals surface area contributed by atoms with Gasteiger partial charge in [-0.2, -0.15) is 25.3 Å². The van der Waals surface area contributed by atoms with E-state index in [-0.39, 0.29) is 11.8 Å². The van der Waals surface area contributed by atoms with Crippen molar-refractivity contribution in [2.75, 3.05) is 5.75 Å². The average Bonchev–Trinajstić information content (AvgIpc) is 2.11. The van der Waals surface area contributed by atoms with E-state index in [0.717, 1.165) is 0 Å². The maximum absolute atomic E-state index is 11.3. The van der Waals surface area contributed by atoms with Crippen LogP contribution in [0.1, 0.15) is 13.8 Å². The number of nitrogens with one attached hydrogen (secondary N) is 1. The van der Waals surface area contributed by atoms with Crippen molar-refractivity contribution in [3.63, 3.8) is 0 Å². The first-order chi connectivity index (χ1) is 6.40. The minimum atomic E-state index is -0.642. The predicted molar refractivity (Wildman–Crippen MR) is 62.6 cm³/mol. The second-order valence-corrected chi connectivity index (χ2v) is 4.32. The van der Waals surface area contributed by atoms with Gasteiger partial charge in [0.15, 0.2) is 0 Å². The third kappa shape index (κ3) is 4.23. The molecule has 14 heavy (non-hydrogen) atoms. The molecule has 82 valence electrons. The van der Waals surface area contributed by atoms with Gasteiger partial charge in [-0.15, -0.1) is 0 Å². The van der Waals surface area contributed by atoms with Crippen LogP contribution in [-0.2, 0) is 9.59 Å². The first-order valence-corrected chi connectivity index (χ1v) is 5.43. The minimum Gasteiger partial charge on any atom is -0.368 e. The third-order valence-corrected chi connectivity index (χ3v) is 2.82. The van der Waals surface area contributed by atoms with Gasteiger partial charge in [0.1, 0.15) is 6.04 Å². The molecule has 0 spiro atoms. The second-order valence-electron chi connectivity index (χ2n) is 3.33. The molecule has 0 heterocycles. The number of amides is 2. The minimum absolute atomic E-state index is 0.0306. The summed E-state index contributed by atoms with van der Waals surface area (Å²) < 4.78 is 0. The molecule has 0 aromatic carbocycles. The van der Waals surface area contributed by atoms with Crippen molar-refractivity contribution in [1.29, 1.82) is 0 Å². The van der Waals surface area contributed by atoms with Crippen molar-refractivity contribution >= 4 is 37.1 Å². The number of hydrogen-bond acceptors (Lipinski definition) is 4. The Morgan fingerprint density at radius 1 is 1.43 bits per heavy atom. The monoisotopic (exact) mass is 236 g/mol. The summed E-state index contributed by atoms with van der Waals surface area (Å²) in [5, 5.41) is 2.01. The zero-order chi connectivity index (χ0) is 11.3. The quantitative estimate of drug-likeness (QED) is 0.501. The highest BCUT2D eigenvalue weighted by molar-refractivity contribution is 7.85. The average molecular weight is 236 g/mol. The van der Waals surface area contributed by atoms with Crippen LogP contribution in [0.5, 0.6) is 0 Å². The molecule has 6 heteroatoms. The number of carbonyl (C=O) groups excluding carboxylic acids is 2. The summed E-state index contributed by atoms with van der Waals surface area (Å²) in [5.74, 6) is -0.566. The summed E-state index contributed by atoms with van der Waals surface area (Å²) in [7, 11) is 0. The molecule has 0 radical (unpaired) electrons. The normalized spacial score (nSPS) is 14.9. The van der Waals surface area contributed by atoms with Crippen molar-refractivity contribution in [3.8, 4) is 0 Å². The second kappa shape index (κ2) is 6.19. The van der Waals surface area contributed by atoms with E-state index >= 15 is 0 Å². The van der Waals surface area contributed by atoms with E-state index in [9.17, 15) is 9.59 Å². The van der Waals surface area contributed by atoms with Crippen LogP contribution in [0.2, 0.25) is 0 Å². The Balaban J connectivity index is 4.31. The fraction of sp³-hybridized carbons (Fsp3) is 0.750. The van der Waals surface area contributed by atoms with Crippen LogP contribution in [0.15, 0.2) is 0 Å². The highest BCUT2D eigenvalue weighted by Crippen LogP contribution is 2.03. The Bertz CT molecular complexity index is 221. The van der Waals surface area contributed by atoms with Gasteiger partial charge >= 0.3 is 0 Å². The molecule has 0 aromatic heterocycles. The van der Waals surface area contributed by atoms with Crippen molar-refractivity contribution < 1.29 is 9.59 Å². The summed E-state index contributed by atoms with van der Waals surface area (Å²) in [6.07, 6.45) is 0. The van der Waals surface area contributed by atoms with Crippen LogP contribution in [0.25, 0.3) is 0 Å². The highest BCUT2D eigenvalue weighted by atomic mass is 32.1. The molecule has 0 aliphatic rings. The summed E-state index contributed by atoms with van der Waals surface area (Å²) in [6.45, 7) is 3.62. The molecular weight excluding hydrogens is 220 g/mol. The van der Waals surface area contributed by atoms with E-state index < -0.39 is 17.2 Å². The van der Waals surface area contributed by atoms with Crippen LogP contribution >= 0.6 is 25.3 Å². The molecule has 0 aliphatic heterocycles. The van der Waals surface area contributed by atoms with Crippen molar-refractivity contribution in [2.24, 2.45) is 11.7 Å².